The number of rotatable bonds is 12. The van der Waals surface area contributed by atoms with Crippen molar-refractivity contribution in [1.82, 2.24) is 0 Å². The van der Waals surface area contributed by atoms with Crippen molar-refractivity contribution in [2.24, 2.45) is 0 Å². The van der Waals surface area contributed by atoms with E-state index in [0.717, 1.165) is 24.3 Å². The predicted molar refractivity (Wildman–Crippen MR) is 144 cm³/mol. The van der Waals surface area contributed by atoms with Gasteiger partial charge in [-0.1, -0.05) is 69.3 Å². The van der Waals surface area contributed by atoms with Gasteiger partial charge in [0.1, 0.15) is 6.67 Å². The largest absolute Gasteiger partial charge is 0.395 e. The monoisotopic (exact) mass is 462 g/mol. The van der Waals surface area contributed by atoms with Gasteiger partial charge >= 0.3 is 0 Å². The highest BCUT2D eigenvalue weighted by atomic mass is 19.1. The van der Waals surface area contributed by atoms with Crippen LogP contribution >= 0.6 is 0 Å². The molecule has 1 atom stereocenters. The number of halogens is 1. The topological polar surface area (TPSA) is 26.7 Å². The van der Waals surface area contributed by atoms with E-state index in [4.69, 9.17) is 0 Å². The van der Waals surface area contributed by atoms with Gasteiger partial charge in [-0.25, -0.2) is 4.39 Å². The number of aliphatic hydroxyl groups excluding tert-OH is 1. The SMILES string of the molecule is CC(C)c1ccc(-c2ccc(N(CCF)CC[C@H](C)c3cccc(N(C)CCO)c3)cc2)cc1. The molecule has 0 amide bonds. The zero-order valence-corrected chi connectivity index (χ0v) is 21.0. The van der Waals surface area contributed by atoms with Gasteiger partial charge in [0.2, 0.25) is 0 Å². The van der Waals surface area contributed by atoms with E-state index in [2.05, 4.69) is 103 Å². The Morgan fingerprint density at radius 2 is 1.41 bits per heavy atom. The molecule has 0 heterocycles. The highest BCUT2D eigenvalue weighted by molar-refractivity contribution is 5.66. The molecule has 0 spiro atoms. The molecule has 3 nitrogen and oxygen atoms in total. The first kappa shape index (κ1) is 25.8. The summed E-state index contributed by atoms with van der Waals surface area (Å²) in [6.07, 6.45) is 0.936. The van der Waals surface area contributed by atoms with E-state index in [0.29, 0.717) is 24.9 Å². The number of hydrogen-bond acceptors (Lipinski definition) is 3. The third-order valence-corrected chi connectivity index (χ3v) is 6.65. The third kappa shape index (κ3) is 6.83. The van der Waals surface area contributed by atoms with Gasteiger partial charge in [0, 0.05) is 38.1 Å². The van der Waals surface area contributed by atoms with Crippen LogP contribution in [0.4, 0.5) is 15.8 Å². The Labute approximate surface area is 204 Å². The third-order valence-electron chi connectivity index (χ3n) is 6.65. The fraction of sp³-hybridized carbons (Fsp3) is 0.400. The van der Waals surface area contributed by atoms with Crippen LogP contribution in [-0.2, 0) is 0 Å². The molecular weight excluding hydrogens is 423 g/mol. The number of nitrogens with zero attached hydrogens (tertiary/aromatic N) is 2. The van der Waals surface area contributed by atoms with Gasteiger partial charge in [-0.3, -0.25) is 0 Å². The molecule has 3 aromatic rings. The summed E-state index contributed by atoms with van der Waals surface area (Å²) in [7, 11) is 1.99. The second-order valence-corrected chi connectivity index (χ2v) is 9.43. The number of aliphatic hydroxyl groups is 1. The average Bonchev–Trinajstić information content (AvgIpc) is 2.86. The minimum absolute atomic E-state index is 0.135. The molecule has 34 heavy (non-hydrogen) atoms. The maximum Gasteiger partial charge on any atom is 0.107 e. The lowest BCUT2D eigenvalue weighted by Gasteiger charge is -2.26. The van der Waals surface area contributed by atoms with Crippen molar-refractivity contribution >= 4 is 11.4 Å². The molecule has 0 fully saturated rings. The lowest BCUT2D eigenvalue weighted by molar-refractivity contribution is 0.304. The van der Waals surface area contributed by atoms with Crippen LogP contribution in [0, 0.1) is 0 Å². The molecule has 0 aliphatic carbocycles. The van der Waals surface area contributed by atoms with Gasteiger partial charge in [0.05, 0.1) is 6.61 Å². The zero-order valence-electron chi connectivity index (χ0n) is 21.0. The van der Waals surface area contributed by atoms with Crippen molar-refractivity contribution in [3.05, 3.63) is 83.9 Å². The summed E-state index contributed by atoms with van der Waals surface area (Å²) in [6, 6.07) is 25.7. The molecule has 0 saturated carbocycles. The fourth-order valence-electron chi connectivity index (χ4n) is 4.26. The van der Waals surface area contributed by atoms with Crippen molar-refractivity contribution in [2.45, 2.75) is 39.0 Å². The van der Waals surface area contributed by atoms with Crippen molar-refractivity contribution in [3.8, 4) is 11.1 Å². The van der Waals surface area contributed by atoms with E-state index >= 15 is 0 Å². The maximum atomic E-state index is 13.4. The molecule has 0 saturated heterocycles. The number of benzene rings is 3. The Morgan fingerprint density at radius 3 is 2.00 bits per heavy atom. The molecule has 0 aliphatic heterocycles. The van der Waals surface area contributed by atoms with E-state index in [1.54, 1.807) is 0 Å². The summed E-state index contributed by atoms with van der Waals surface area (Å²) in [4.78, 5) is 4.20. The molecule has 0 bridgehead atoms. The Morgan fingerprint density at radius 1 is 0.765 bits per heavy atom. The number of anilines is 2. The van der Waals surface area contributed by atoms with Crippen LogP contribution in [0.25, 0.3) is 11.1 Å². The van der Waals surface area contributed by atoms with Gasteiger partial charge in [0.15, 0.2) is 0 Å². The molecule has 182 valence electrons. The second-order valence-electron chi connectivity index (χ2n) is 9.43. The number of likely N-dealkylation sites (N-methyl/N-ethyl adjacent to an activating group) is 1. The van der Waals surface area contributed by atoms with Crippen molar-refractivity contribution in [1.29, 1.82) is 0 Å². The van der Waals surface area contributed by atoms with Crippen LogP contribution in [0.1, 0.15) is 50.2 Å². The molecule has 0 unspecified atom stereocenters. The first-order valence-corrected chi connectivity index (χ1v) is 12.4. The number of alkyl halides is 1. The van der Waals surface area contributed by atoms with Crippen LogP contribution < -0.4 is 9.80 Å². The van der Waals surface area contributed by atoms with Crippen molar-refractivity contribution in [2.75, 3.05) is 49.8 Å². The molecule has 0 radical (unpaired) electrons. The van der Waals surface area contributed by atoms with Gasteiger partial charge in [0.25, 0.3) is 0 Å². The first-order valence-electron chi connectivity index (χ1n) is 12.4. The Kier molecular flexibility index (Phi) is 9.52. The molecule has 4 heteroatoms. The minimum atomic E-state index is -0.367. The first-order chi connectivity index (χ1) is 16.4. The molecule has 3 rings (SSSR count). The quantitative estimate of drug-likeness (QED) is 0.318. The van der Waals surface area contributed by atoms with Crippen molar-refractivity contribution < 1.29 is 9.50 Å². The highest BCUT2D eigenvalue weighted by Crippen LogP contribution is 2.28. The predicted octanol–water partition coefficient (Wildman–Crippen LogP) is 6.88. The number of hydrogen-bond donors (Lipinski definition) is 1. The molecular formula is C30H39FN2O. The molecule has 3 aromatic carbocycles. The summed E-state index contributed by atoms with van der Waals surface area (Å²) >= 11 is 0. The minimum Gasteiger partial charge on any atom is -0.395 e. The second kappa shape index (κ2) is 12.6. The summed E-state index contributed by atoms with van der Waals surface area (Å²) in [5.41, 5.74) is 7.15. The normalized spacial score (nSPS) is 12.1. The highest BCUT2D eigenvalue weighted by Gasteiger charge is 2.12. The summed E-state index contributed by atoms with van der Waals surface area (Å²) < 4.78 is 13.4. The van der Waals surface area contributed by atoms with E-state index in [-0.39, 0.29) is 13.3 Å². The van der Waals surface area contributed by atoms with Crippen LogP contribution in [-0.4, -0.2) is 45.1 Å². The lowest BCUT2D eigenvalue weighted by Crippen LogP contribution is -2.27. The van der Waals surface area contributed by atoms with E-state index in [1.165, 1.54) is 22.3 Å². The average molecular weight is 463 g/mol. The lowest BCUT2D eigenvalue weighted by atomic mass is 9.96. The standard InChI is InChI=1S/C30H39FN2O/c1-23(2)25-8-10-26(11-9-25)27-12-14-29(15-13-27)33(19-17-31)18-16-24(3)28-6-5-7-30(22-28)32(4)20-21-34/h5-15,22-24,34H,16-21H2,1-4H3/t24-/m0/s1. The van der Waals surface area contributed by atoms with Crippen LogP contribution in [0.2, 0.25) is 0 Å². The van der Waals surface area contributed by atoms with Crippen molar-refractivity contribution in [3.63, 3.8) is 0 Å². The Hall–Kier alpha value is -2.85. The van der Waals surface area contributed by atoms with Crippen LogP contribution in [0.5, 0.6) is 0 Å². The molecule has 0 aliphatic rings. The van der Waals surface area contributed by atoms with E-state index in [9.17, 15) is 9.50 Å². The summed E-state index contributed by atoms with van der Waals surface area (Å²) in [5.74, 6) is 0.875. The van der Waals surface area contributed by atoms with Gasteiger partial charge in [-0.15, -0.1) is 0 Å². The van der Waals surface area contributed by atoms with Gasteiger partial charge in [-0.2, -0.15) is 0 Å². The smallest absolute Gasteiger partial charge is 0.107 e. The van der Waals surface area contributed by atoms with Crippen LogP contribution in [0.15, 0.2) is 72.8 Å². The Balaban J connectivity index is 1.66. The Bertz CT molecular complexity index is 1000. The van der Waals surface area contributed by atoms with Crippen LogP contribution in [0.3, 0.4) is 0 Å². The summed E-state index contributed by atoms with van der Waals surface area (Å²) in [5, 5.41) is 9.22. The van der Waals surface area contributed by atoms with Gasteiger partial charge in [-0.05, 0) is 64.8 Å². The van der Waals surface area contributed by atoms with E-state index in [1.807, 2.05) is 7.05 Å². The van der Waals surface area contributed by atoms with Gasteiger partial charge < -0.3 is 14.9 Å². The van der Waals surface area contributed by atoms with E-state index < -0.39 is 0 Å². The zero-order chi connectivity index (χ0) is 24.5. The molecule has 1 N–H and O–H groups in total. The fourth-order valence-corrected chi connectivity index (χ4v) is 4.26. The summed E-state index contributed by atoms with van der Waals surface area (Å²) in [6.45, 7) is 8.21. The maximum absolute atomic E-state index is 13.4. The molecule has 0 aromatic heterocycles.